The Labute approximate surface area is 70.0 Å². The first-order chi connectivity index (χ1) is 5.61. The molecule has 70 valence electrons. The van der Waals surface area contributed by atoms with Gasteiger partial charge in [0.2, 0.25) is 6.23 Å². The zero-order valence-electron chi connectivity index (χ0n) is 6.99. The van der Waals surface area contributed by atoms with Crippen molar-refractivity contribution in [3.63, 3.8) is 0 Å². The third kappa shape index (κ3) is 3.89. The fourth-order valence-electron chi connectivity index (χ4n) is 0.492. The second-order valence-electron chi connectivity index (χ2n) is 1.96. The summed E-state index contributed by atoms with van der Waals surface area (Å²) in [5, 5.41) is 2.55. The number of hydrogen-bond donors (Lipinski definition) is 2. The van der Waals surface area contributed by atoms with Crippen molar-refractivity contribution in [1.82, 2.24) is 5.32 Å². The monoisotopic (exact) mass is 176 g/mol. The van der Waals surface area contributed by atoms with Crippen LogP contribution in [0.5, 0.6) is 0 Å². The van der Waals surface area contributed by atoms with Crippen LogP contribution in [0.1, 0.15) is 0 Å². The molecule has 0 aliphatic rings. The molecular formula is C6H12N2O4. The van der Waals surface area contributed by atoms with Crippen LogP contribution < -0.4 is 11.1 Å². The van der Waals surface area contributed by atoms with Crippen molar-refractivity contribution in [3.8, 4) is 0 Å². The fourth-order valence-corrected chi connectivity index (χ4v) is 0.492. The van der Waals surface area contributed by atoms with Gasteiger partial charge in [0.05, 0.1) is 13.7 Å². The molecule has 0 saturated carbocycles. The number of carbonyl (C=O) groups excluding carboxylic acids is 2. The molecule has 6 heteroatoms. The number of nitrogens with two attached hydrogens (primary N) is 1. The van der Waals surface area contributed by atoms with E-state index in [0.29, 0.717) is 0 Å². The van der Waals surface area contributed by atoms with E-state index in [0.717, 1.165) is 7.11 Å². The van der Waals surface area contributed by atoms with Crippen LogP contribution in [0.4, 0.5) is 0 Å². The first-order valence-corrected chi connectivity index (χ1v) is 3.29. The molecule has 0 spiro atoms. The molecule has 0 aliphatic heterocycles. The number of carbonyl (C=O) groups is 2. The van der Waals surface area contributed by atoms with E-state index < -0.39 is 18.2 Å². The van der Waals surface area contributed by atoms with Crippen LogP contribution in [-0.2, 0) is 19.1 Å². The highest BCUT2D eigenvalue weighted by atomic mass is 16.6. The van der Waals surface area contributed by atoms with E-state index in [1.165, 1.54) is 0 Å². The van der Waals surface area contributed by atoms with Crippen molar-refractivity contribution in [2.75, 3.05) is 20.7 Å². The van der Waals surface area contributed by atoms with Crippen LogP contribution in [-0.4, -0.2) is 38.9 Å². The maximum atomic E-state index is 10.7. The van der Waals surface area contributed by atoms with Crippen molar-refractivity contribution in [2.45, 2.75) is 6.23 Å². The second-order valence-corrected chi connectivity index (χ2v) is 1.96. The molecule has 0 saturated heterocycles. The molecule has 0 radical (unpaired) electrons. The molecule has 1 unspecified atom stereocenters. The lowest BCUT2D eigenvalue weighted by Crippen LogP contribution is -2.38. The maximum absolute atomic E-state index is 10.7. The van der Waals surface area contributed by atoms with Gasteiger partial charge >= 0.3 is 11.9 Å². The van der Waals surface area contributed by atoms with E-state index in [2.05, 4.69) is 14.8 Å². The summed E-state index contributed by atoms with van der Waals surface area (Å²) in [4.78, 5) is 21.3. The molecule has 0 heterocycles. The van der Waals surface area contributed by atoms with Crippen molar-refractivity contribution < 1.29 is 19.1 Å². The Morgan fingerprint density at radius 1 is 1.58 bits per heavy atom. The van der Waals surface area contributed by atoms with Crippen molar-refractivity contribution in [3.05, 3.63) is 0 Å². The van der Waals surface area contributed by atoms with Gasteiger partial charge in [0.25, 0.3) is 0 Å². The number of methoxy groups -OCH3 is 1. The van der Waals surface area contributed by atoms with Gasteiger partial charge in [-0.3, -0.25) is 10.5 Å². The number of ether oxygens (including phenoxy) is 2. The SMILES string of the molecule is CNCC(=O)OC(N)C(=O)OC. The summed E-state index contributed by atoms with van der Waals surface area (Å²) in [5.74, 6) is -1.38. The van der Waals surface area contributed by atoms with Gasteiger partial charge in [0, 0.05) is 0 Å². The predicted molar refractivity (Wildman–Crippen MR) is 40.0 cm³/mol. The second kappa shape index (κ2) is 5.50. The highest BCUT2D eigenvalue weighted by Crippen LogP contribution is 1.87. The molecule has 6 nitrogen and oxygen atoms in total. The minimum Gasteiger partial charge on any atom is -0.465 e. The standard InChI is InChI=1S/C6H12N2O4/c1-8-3-4(9)12-5(7)6(10)11-2/h5,8H,3,7H2,1-2H3. The lowest BCUT2D eigenvalue weighted by molar-refractivity contribution is -0.164. The van der Waals surface area contributed by atoms with Crippen LogP contribution in [0, 0.1) is 0 Å². The van der Waals surface area contributed by atoms with Crippen molar-refractivity contribution in [1.29, 1.82) is 0 Å². The van der Waals surface area contributed by atoms with E-state index in [1.807, 2.05) is 0 Å². The Morgan fingerprint density at radius 2 is 2.17 bits per heavy atom. The van der Waals surface area contributed by atoms with Gasteiger partial charge in [0.15, 0.2) is 0 Å². The largest absolute Gasteiger partial charge is 0.465 e. The Morgan fingerprint density at radius 3 is 2.58 bits per heavy atom. The number of hydrogen-bond acceptors (Lipinski definition) is 6. The summed E-state index contributed by atoms with van der Waals surface area (Å²) in [7, 11) is 2.74. The Bertz CT molecular complexity index is 171. The Balaban J connectivity index is 3.75. The molecule has 0 bridgehead atoms. The van der Waals surface area contributed by atoms with Crippen molar-refractivity contribution in [2.24, 2.45) is 5.73 Å². The van der Waals surface area contributed by atoms with Crippen LogP contribution in [0.25, 0.3) is 0 Å². The normalized spacial score (nSPS) is 11.9. The highest BCUT2D eigenvalue weighted by Gasteiger charge is 2.17. The number of esters is 2. The number of rotatable bonds is 4. The summed E-state index contributed by atoms with van der Waals surface area (Å²) in [6, 6.07) is 0. The van der Waals surface area contributed by atoms with Gasteiger partial charge in [-0.25, -0.2) is 4.79 Å². The van der Waals surface area contributed by atoms with E-state index in [4.69, 9.17) is 5.73 Å². The topological polar surface area (TPSA) is 90.6 Å². The molecule has 0 rings (SSSR count). The van der Waals surface area contributed by atoms with Gasteiger partial charge in [-0.05, 0) is 7.05 Å². The quantitative estimate of drug-likeness (QED) is 0.388. The maximum Gasteiger partial charge on any atom is 0.362 e. The molecule has 1 atom stereocenters. The highest BCUT2D eigenvalue weighted by molar-refractivity contribution is 5.79. The molecule has 3 N–H and O–H groups in total. The smallest absolute Gasteiger partial charge is 0.362 e. The van der Waals surface area contributed by atoms with E-state index in [9.17, 15) is 9.59 Å². The lowest BCUT2D eigenvalue weighted by atomic mass is 10.6. The summed E-state index contributed by atoms with van der Waals surface area (Å²) in [5.41, 5.74) is 5.11. The molecular weight excluding hydrogens is 164 g/mol. The van der Waals surface area contributed by atoms with Gasteiger partial charge in [-0.2, -0.15) is 0 Å². The summed E-state index contributed by atoms with van der Waals surface area (Å²) >= 11 is 0. The average molecular weight is 176 g/mol. The van der Waals surface area contributed by atoms with E-state index in [-0.39, 0.29) is 6.54 Å². The zero-order chi connectivity index (χ0) is 9.56. The molecule has 0 amide bonds. The molecule has 0 aromatic heterocycles. The third-order valence-corrected chi connectivity index (χ3v) is 1.01. The fraction of sp³-hybridized carbons (Fsp3) is 0.667. The van der Waals surface area contributed by atoms with Crippen LogP contribution in [0.3, 0.4) is 0 Å². The summed E-state index contributed by atoms with van der Waals surface area (Å²) in [6.45, 7) is 0.00466. The van der Waals surface area contributed by atoms with Crippen molar-refractivity contribution >= 4 is 11.9 Å². The molecule has 0 aromatic carbocycles. The minimum absolute atomic E-state index is 0.00466. The van der Waals surface area contributed by atoms with Crippen LogP contribution in [0.15, 0.2) is 0 Å². The minimum atomic E-state index is -1.34. The van der Waals surface area contributed by atoms with E-state index >= 15 is 0 Å². The molecule has 0 fully saturated rings. The van der Waals surface area contributed by atoms with Crippen LogP contribution >= 0.6 is 0 Å². The van der Waals surface area contributed by atoms with Gasteiger partial charge < -0.3 is 14.8 Å². The first kappa shape index (κ1) is 10.9. The molecule has 12 heavy (non-hydrogen) atoms. The molecule has 0 aromatic rings. The summed E-state index contributed by atoms with van der Waals surface area (Å²) in [6.07, 6.45) is -1.34. The van der Waals surface area contributed by atoms with Gasteiger partial charge in [0.1, 0.15) is 0 Å². The summed E-state index contributed by atoms with van der Waals surface area (Å²) < 4.78 is 8.67. The Kier molecular flexibility index (Phi) is 4.98. The molecule has 0 aliphatic carbocycles. The van der Waals surface area contributed by atoms with Gasteiger partial charge in [-0.1, -0.05) is 0 Å². The first-order valence-electron chi connectivity index (χ1n) is 3.29. The zero-order valence-corrected chi connectivity index (χ0v) is 6.99. The number of likely N-dealkylation sites (N-methyl/N-ethyl adjacent to an activating group) is 1. The van der Waals surface area contributed by atoms with E-state index in [1.54, 1.807) is 7.05 Å². The van der Waals surface area contributed by atoms with Crippen LogP contribution in [0.2, 0.25) is 0 Å². The predicted octanol–water partition coefficient (Wildman–Crippen LogP) is -1.79. The average Bonchev–Trinajstić information content (AvgIpc) is 2.03. The van der Waals surface area contributed by atoms with Gasteiger partial charge in [-0.15, -0.1) is 0 Å². The third-order valence-electron chi connectivity index (χ3n) is 1.01. The number of nitrogens with one attached hydrogen (secondary N) is 1. The Hall–Kier alpha value is -1.14. The lowest BCUT2D eigenvalue weighted by Gasteiger charge is -2.09.